The van der Waals surface area contributed by atoms with Crippen molar-refractivity contribution in [3.63, 3.8) is 0 Å². The van der Waals surface area contributed by atoms with Crippen LogP contribution in [0, 0.1) is 0 Å². The Morgan fingerprint density at radius 2 is 1.26 bits per heavy atom. The molecule has 0 amide bonds. The number of hydrogen-bond acceptors (Lipinski definition) is 6. The van der Waals surface area contributed by atoms with E-state index in [-0.39, 0.29) is 48.9 Å². The van der Waals surface area contributed by atoms with Gasteiger partial charge in [-0.15, -0.1) is 0 Å². The summed E-state index contributed by atoms with van der Waals surface area (Å²) < 4.78 is 41.6. The van der Waals surface area contributed by atoms with Crippen LogP contribution in [0.3, 0.4) is 0 Å². The van der Waals surface area contributed by atoms with Gasteiger partial charge in [-0.25, -0.2) is 9.59 Å². The van der Waals surface area contributed by atoms with Crippen LogP contribution in [0.2, 0.25) is 0 Å². The number of hydrogen-bond donors (Lipinski definition) is 1. The number of carbonyl (C=O) groups is 2. The zero-order valence-electron chi connectivity index (χ0n) is 13.4. The van der Waals surface area contributed by atoms with Gasteiger partial charge in [-0.2, -0.15) is 8.42 Å². The summed E-state index contributed by atoms with van der Waals surface area (Å²) in [4.78, 5) is 23.2. The molecule has 0 bridgehead atoms. The normalized spacial score (nSPS) is 11.1. The van der Waals surface area contributed by atoms with Crippen molar-refractivity contribution in [2.45, 2.75) is 44.8 Å². The molecule has 0 aromatic heterocycles. The Morgan fingerprint density at radius 3 is 1.52 bits per heavy atom. The van der Waals surface area contributed by atoms with Crippen LogP contribution in [-0.2, 0) is 19.6 Å². The van der Waals surface area contributed by atoms with Gasteiger partial charge in [-0.05, 0) is 45.9 Å². The van der Waals surface area contributed by atoms with Crippen LogP contribution in [0.4, 0.5) is 0 Å². The fourth-order valence-corrected chi connectivity index (χ4v) is 2.10. The molecule has 7 nitrogen and oxygen atoms in total. The van der Waals surface area contributed by atoms with Crippen LogP contribution < -0.4 is 0 Å². The molecule has 0 unspecified atom stereocenters. The molecule has 9 heteroatoms. The van der Waals surface area contributed by atoms with Crippen molar-refractivity contribution in [1.82, 2.24) is 0 Å². The van der Waals surface area contributed by atoms with Crippen LogP contribution in [-0.4, -0.2) is 74.9 Å². The topological polar surface area (TPSA) is 107 Å². The maximum absolute atomic E-state index is 11.9. The van der Waals surface area contributed by atoms with Crippen molar-refractivity contribution in [3.05, 3.63) is 29.3 Å². The summed E-state index contributed by atoms with van der Waals surface area (Å²) in [5, 5.41) is 0. The number of benzene rings is 1. The van der Waals surface area contributed by atoms with E-state index in [1.54, 1.807) is 27.7 Å². The molecule has 0 spiro atoms. The molecule has 0 aliphatic heterocycles. The Balaban J connectivity index is 0.00000484. The van der Waals surface area contributed by atoms with Crippen LogP contribution in [0.5, 0.6) is 0 Å². The first-order valence-electron chi connectivity index (χ1n) is 6.55. The summed E-state index contributed by atoms with van der Waals surface area (Å²) in [6.45, 7) is 6.49. The summed E-state index contributed by atoms with van der Waals surface area (Å²) in [6, 6.07) is 3.03. The molecule has 122 valence electrons. The molecule has 0 saturated carbocycles. The summed E-state index contributed by atoms with van der Waals surface area (Å²) >= 11 is 0. The molecule has 23 heavy (non-hydrogen) atoms. The molecule has 0 radical (unpaired) electrons. The Bertz CT molecular complexity index is 640. The molecule has 0 aliphatic carbocycles. The van der Waals surface area contributed by atoms with E-state index in [2.05, 4.69) is 0 Å². The van der Waals surface area contributed by atoms with Gasteiger partial charge in [0.25, 0.3) is 10.1 Å². The molecule has 1 aromatic carbocycles. The average Bonchev–Trinajstić information content (AvgIpc) is 2.35. The largest absolute Gasteiger partial charge is 2.00 e. The maximum Gasteiger partial charge on any atom is 2.00 e. The first-order chi connectivity index (χ1) is 10.0. The maximum atomic E-state index is 11.9. The van der Waals surface area contributed by atoms with E-state index in [4.69, 9.17) is 14.0 Å². The van der Waals surface area contributed by atoms with Crippen LogP contribution in [0.25, 0.3) is 0 Å². The van der Waals surface area contributed by atoms with Crippen LogP contribution in [0.15, 0.2) is 23.1 Å². The van der Waals surface area contributed by atoms with Gasteiger partial charge >= 0.3 is 49.7 Å². The number of esters is 2. The van der Waals surface area contributed by atoms with Gasteiger partial charge in [-0.3, -0.25) is 4.55 Å². The molecule has 0 aliphatic rings. The molecule has 1 N–H and O–H groups in total. The minimum absolute atomic E-state index is 0. The quantitative estimate of drug-likeness (QED) is 0.477. The van der Waals surface area contributed by atoms with E-state index < -0.39 is 39.2 Å². The Hall–Kier alpha value is -0.670. The average molecular weight is 370 g/mol. The van der Waals surface area contributed by atoms with Crippen molar-refractivity contribution < 1.29 is 32.0 Å². The molecule has 1 aromatic rings. The van der Waals surface area contributed by atoms with E-state index >= 15 is 0 Å². The predicted octanol–water partition coefficient (Wildman–Crippen LogP) is 1.68. The monoisotopic (exact) mass is 370 g/mol. The smallest absolute Gasteiger partial charge is 0.459 e. The molecule has 0 fully saturated rings. The number of carbonyl (C=O) groups excluding carboxylic acids is 2. The van der Waals surface area contributed by atoms with Crippen molar-refractivity contribution in [3.8, 4) is 0 Å². The van der Waals surface area contributed by atoms with Gasteiger partial charge in [0.1, 0.15) is 0 Å². The molecule has 0 heterocycles. The Morgan fingerprint density at radius 1 is 0.913 bits per heavy atom. The second kappa shape index (κ2) is 8.98. The van der Waals surface area contributed by atoms with E-state index in [1.807, 2.05) is 0 Å². The summed E-state index contributed by atoms with van der Waals surface area (Å²) in [7, 11) is -4.59. The minimum Gasteiger partial charge on any atom is -0.459 e. The van der Waals surface area contributed by atoms with Crippen LogP contribution in [0.1, 0.15) is 48.4 Å². The van der Waals surface area contributed by atoms with Gasteiger partial charge in [0.2, 0.25) is 0 Å². The third kappa shape index (κ3) is 7.17. The van der Waals surface area contributed by atoms with E-state index in [0.717, 1.165) is 18.2 Å². The summed E-state index contributed by atoms with van der Waals surface area (Å²) in [5.74, 6) is -1.61. The zero-order valence-corrected chi connectivity index (χ0v) is 16.4. The first-order valence-corrected chi connectivity index (χ1v) is 7.99. The zero-order chi connectivity index (χ0) is 17.1. The standard InChI is InChI=1S/C14H18O7S.Ca/c1-8(2)20-13(15)10-5-11(14(16)21-9(3)4)7-12(6-10)22(17,18)19;/h5-9H,1-4H3,(H,17,18,19);/q;+2. The third-order valence-corrected chi connectivity index (χ3v) is 3.19. The second-order valence-corrected chi connectivity index (χ2v) is 6.55. The van der Waals surface area contributed by atoms with Gasteiger partial charge in [0.15, 0.2) is 0 Å². The Labute approximate surface area is 165 Å². The third-order valence-electron chi connectivity index (χ3n) is 2.36. The fraction of sp³-hybridized carbons (Fsp3) is 0.429. The molecule has 0 atom stereocenters. The van der Waals surface area contributed by atoms with Gasteiger partial charge in [0.05, 0.1) is 28.2 Å². The van der Waals surface area contributed by atoms with Crippen molar-refractivity contribution in [2.24, 2.45) is 0 Å². The second-order valence-electron chi connectivity index (χ2n) is 5.13. The molecule has 0 saturated heterocycles. The predicted molar refractivity (Wildman–Crippen MR) is 83.1 cm³/mol. The minimum atomic E-state index is -4.59. The van der Waals surface area contributed by atoms with Gasteiger partial charge < -0.3 is 9.47 Å². The van der Waals surface area contributed by atoms with E-state index in [1.165, 1.54) is 0 Å². The molecular formula is C14H18CaO7S+2. The van der Waals surface area contributed by atoms with Gasteiger partial charge in [0, 0.05) is 0 Å². The Kier molecular flexibility index (Phi) is 8.72. The van der Waals surface area contributed by atoms with Crippen molar-refractivity contribution in [1.29, 1.82) is 0 Å². The van der Waals surface area contributed by atoms with E-state index in [0.29, 0.717) is 0 Å². The molecule has 1 rings (SSSR count). The van der Waals surface area contributed by atoms with Crippen LogP contribution >= 0.6 is 0 Å². The summed E-state index contributed by atoms with van der Waals surface area (Å²) in [5.41, 5.74) is -0.334. The van der Waals surface area contributed by atoms with Crippen molar-refractivity contribution in [2.75, 3.05) is 0 Å². The number of rotatable bonds is 5. The fourth-order valence-electron chi connectivity index (χ4n) is 1.55. The SMILES string of the molecule is CC(C)OC(=O)c1cc(C(=O)OC(C)C)cc(S(=O)(=O)O)c1.[Ca+2]. The molecular weight excluding hydrogens is 352 g/mol. The van der Waals surface area contributed by atoms with Crippen molar-refractivity contribution >= 4 is 59.8 Å². The summed E-state index contributed by atoms with van der Waals surface area (Å²) in [6.07, 6.45) is -0.846. The first kappa shape index (κ1) is 22.3. The van der Waals surface area contributed by atoms with Gasteiger partial charge in [-0.1, -0.05) is 0 Å². The number of ether oxygens (including phenoxy) is 2. The van der Waals surface area contributed by atoms with E-state index in [9.17, 15) is 18.0 Å².